The van der Waals surface area contributed by atoms with E-state index in [9.17, 15) is 9.18 Å². The predicted molar refractivity (Wildman–Crippen MR) is 104 cm³/mol. The Balaban J connectivity index is 1.57. The minimum atomic E-state index is -0.272. The lowest BCUT2D eigenvalue weighted by Crippen LogP contribution is -2.44. The number of ether oxygens (including phenoxy) is 2. The highest BCUT2D eigenvalue weighted by Gasteiger charge is 2.23. The first-order valence-electron chi connectivity index (χ1n) is 8.84. The van der Waals surface area contributed by atoms with E-state index in [1.165, 1.54) is 12.1 Å². The van der Waals surface area contributed by atoms with E-state index in [-0.39, 0.29) is 24.4 Å². The number of nitrogens with zero attached hydrogens (tertiary/aromatic N) is 1. The average Bonchev–Trinajstić information content (AvgIpc) is 2.70. The summed E-state index contributed by atoms with van der Waals surface area (Å²) in [5.41, 5.74) is 0.965. The molecule has 1 unspecified atom stereocenters. The first-order chi connectivity index (χ1) is 13.1. The van der Waals surface area contributed by atoms with Gasteiger partial charge in [-0.1, -0.05) is 28.1 Å². The van der Waals surface area contributed by atoms with Crippen LogP contribution in [0, 0.1) is 5.82 Å². The first-order valence-corrected chi connectivity index (χ1v) is 9.63. The third kappa shape index (κ3) is 6.02. The third-order valence-electron chi connectivity index (χ3n) is 4.42. The summed E-state index contributed by atoms with van der Waals surface area (Å²) >= 11 is 3.36. The lowest BCUT2D eigenvalue weighted by molar-refractivity contribution is -0.123. The van der Waals surface area contributed by atoms with Crippen LogP contribution < -0.4 is 10.1 Å². The Morgan fingerprint density at radius 1 is 1.15 bits per heavy atom. The van der Waals surface area contributed by atoms with Crippen molar-refractivity contribution < 1.29 is 18.7 Å². The molecule has 0 spiro atoms. The second-order valence-corrected chi connectivity index (χ2v) is 7.18. The number of hydrogen-bond donors (Lipinski definition) is 1. The summed E-state index contributed by atoms with van der Waals surface area (Å²) in [6.07, 6.45) is 0. The highest BCUT2D eigenvalue weighted by molar-refractivity contribution is 9.10. The molecular weight excluding hydrogens is 415 g/mol. The normalized spacial score (nSPS) is 15.9. The number of carbonyl (C=O) groups is 1. The fourth-order valence-corrected chi connectivity index (χ4v) is 3.24. The lowest BCUT2D eigenvalue weighted by Gasteiger charge is -2.35. The first kappa shape index (κ1) is 19.8. The number of rotatable bonds is 7. The van der Waals surface area contributed by atoms with Crippen LogP contribution in [0.15, 0.2) is 53.0 Å². The number of halogens is 2. The quantitative estimate of drug-likeness (QED) is 0.723. The molecule has 1 atom stereocenters. The van der Waals surface area contributed by atoms with Gasteiger partial charge in [-0.2, -0.15) is 0 Å². The minimum Gasteiger partial charge on any atom is -0.484 e. The van der Waals surface area contributed by atoms with Crippen LogP contribution in [-0.4, -0.2) is 50.3 Å². The van der Waals surface area contributed by atoms with Crippen LogP contribution in [0.1, 0.15) is 11.6 Å². The molecular formula is C20H22BrFN2O3. The summed E-state index contributed by atoms with van der Waals surface area (Å²) in [7, 11) is 0. The van der Waals surface area contributed by atoms with Gasteiger partial charge in [-0.3, -0.25) is 9.69 Å². The van der Waals surface area contributed by atoms with Gasteiger partial charge in [0.2, 0.25) is 0 Å². The summed E-state index contributed by atoms with van der Waals surface area (Å²) in [5, 5.41) is 2.93. The molecule has 1 saturated heterocycles. The van der Waals surface area contributed by atoms with E-state index in [1.807, 2.05) is 12.1 Å². The molecule has 1 amide bonds. The lowest BCUT2D eigenvalue weighted by atomic mass is 10.0. The van der Waals surface area contributed by atoms with Gasteiger partial charge in [-0.05, 0) is 42.0 Å². The Bertz CT molecular complexity index is 734. The Kier molecular flexibility index (Phi) is 7.20. The molecule has 5 nitrogen and oxygen atoms in total. The number of carbonyl (C=O) groups excluding carboxylic acids is 1. The Morgan fingerprint density at radius 2 is 1.81 bits per heavy atom. The van der Waals surface area contributed by atoms with E-state index >= 15 is 0 Å². The molecule has 27 heavy (non-hydrogen) atoms. The fourth-order valence-electron chi connectivity index (χ4n) is 2.97. The van der Waals surface area contributed by atoms with Gasteiger partial charge in [0, 0.05) is 24.1 Å². The Hall–Kier alpha value is -1.96. The van der Waals surface area contributed by atoms with Crippen LogP contribution in [0.4, 0.5) is 4.39 Å². The van der Waals surface area contributed by atoms with Crippen LogP contribution >= 0.6 is 15.9 Å². The van der Waals surface area contributed by atoms with Gasteiger partial charge in [0.15, 0.2) is 6.61 Å². The van der Waals surface area contributed by atoms with Crippen LogP contribution in [0.5, 0.6) is 5.75 Å². The zero-order valence-electron chi connectivity index (χ0n) is 14.9. The van der Waals surface area contributed by atoms with Crippen LogP contribution in [-0.2, 0) is 9.53 Å². The number of nitrogens with one attached hydrogen (secondary N) is 1. The molecule has 1 heterocycles. The molecule has 144 valence electrons. The van der Waals surface area contributed by atoms with Gasteiger partial charge in [0.1, 0.15) is 11.6 Å². The summed E-state index contributed by atoms with van der Waals surface area (Å²) in [6.45, 7) is 3.21. The molecule has 1 aliphatic rings. The highest BCUT2D eigenvalue weighted by Crippen LogP contribution is 2.22. The minimum absolute atomic E-state index is 0.0360. The topological polar surface area (TPSA) is 50.8 Å². The second kappa shape index (κ2) is 9.82. The molecule has 0 radical (unpaired) electrons. The molecule has 3 rings (SSSR count). The SMILES string of the molecule is O=C(COc1ccc(Br)cc1)NCC(c1ccc(F)cc1)N1CCOCC1. The molecule has 1 fully saturated rings. The van der Waals surface area contributed by atoms with Gasteiger partial charge in [-0.15, -0.1) is 0 Å². The Morgan fingerprint density at radius 3 is 2.48 bits per heavy atom. The van der Waals surface area contributed by atoms with E-state index in [0.717, 1.165) is 23.1 Å². The zero-order valence-corrected chi connectivity index (χ0v) is 16.5. The van der Waals surface area contributed by atoms with Gasteiger partial charge in [0.05, 0.1) is 19.3 Å². The third-order valence-corrected chi connectivity index (χ3v) is 4.95. The maximum absolute atomic E-state index is 13.3. The molecule has 0 aliphatic carbocycles. The van der Waals surface area contributed by atoms with Crippen LogP contribution in [0.2, 0.25) is 0 Å². The number of benzene rings is 2. The van der Waals surface area contributed by atoms with Crippen LogP contribution in [0.25, 0.3) is 0 Å². The summed E-state index contributed by atoms with van der Waals surface area (Å²) in [5.74, 6) is 0.168. The molecule has 0 bridgehead atoms. The van der Waals surface area contributed by atoms with Crippen molar-refractivity contribution in [2.75, 3.05) is 39.5 Å². The van der Waals surface area contributed by atoms with E-state index < -0.39 is 0 Å². The second-order valence-electron chi connectivity index (χ2n) is 6.26. The smallest absolute Gasteiger partial charge is 0.258 e. The molecule has 1 N–H and O–H groups in total. The van der Waals surface area contributed by atoms with Gasteiger partial charge in [0.25, 0.3) is 5.91 Å². The van der Waals surface area contributed by atoms with Crippen molar-refractivity contribution in [2.24, 2.45) is 0 Å². The largest absolute Gasteiger partial charge is 0.484 e. The highest BCUT2D eigenvalue weighted by atomic mass is 79.9. The van der Waals surface area contributed by atoms with E-state index in [1.54, 1.807) is 24.3 Å². The molecule has 0 saturated carbocycles. The number of amides is 1. The van der Waals surface area contributed by atoms with Crippen molar-refractivity contribution in [3.63, 3.8) is 0 Å². The van der Waals surface area contributed by atoms with Crippen molar-refractivity contribution in [1.29, 1.82) is 0 Å². The number of hydrogen-bond acceptors (Lipinski definition) is 4. The van der Waals surface area contributed by atoms with Gasteiger partial charge < -0.3 is 14.8 Å². The van der Waals surface area contributed by atoms with Crippen LogP contribution in [0.3, 0.4) is 0 Å². The molecule has 1 aliphatic heterocycles. The Labute approximate surface area is 166 Å². The van der Waals surface area contributed by atoms with Crippen molar-refractivity contribution in [2.45, 2.75) is 6.04 Å². The number of morpholine rings is 1. The maximum Gasteiger partial charge on any atom is 0.258 e. The van der Waals surface area contributed by atoms with Crippen molar-refractivity contribution in [3.8, 4) is 5.75 Å². The monoisotopic (exact) mass is 436 g/mol. The van der Waals surface area contributed by atoms with Crippen molar-refractivity contribution in [1.82, 2.24) is 10.2 Å². The van der Waals surface area contributed by atoms with Crippen molar-refractivity contribution >= 4 is 21.8 Å². The fraction of sp³-hybridized carbons (Fsp3) is 0.350. The van der Waals surface area contributed by atoms with Gasteiger partial charge >= 0.3 is 0 Å². The average molecular weight is 437 g/mol. The van der Waals surface area contributed by atoms with E-state index in [0.29, 0.717) is 25.5 Å². The summed E-state index contributed by atoms with van der Waals surface area (Å²) < 4.78 is 25.1. The van der Waals surface area contributed by atoms with E-state index in [2.05, 4.69) is 26.1 Å². The predicted octanol–water partition coefficient (Wildman–Crippen LogP) is 3.16. The summed E-state index contributed by atoms with van der Waals surface area (Å²) in [4.78, 5) is 14.5. The standard InChI is InChI=1S/C20H22BrFN2O3/c21-16-3-7-18(8-4-16)27-14-20(25)23-13-19(24-9-11-26-12-10-24)15-1-5-17(22)6-2-15/h1-8,19H,9-14H2,(H,23,25). The van der Waals surface area contributed by atoms with E-state index in [4.69, 9.17) is 9.47 Å². The maximum atomic E-state index is 13.3. The zero-order chi connectivity index (χ0) is 19.1. The van der Waals surface area contributed by atoms with Gasteiger partial charge in [-0.25, -0.2) is 4.39 Å². The molecule has 2 aromatic carbocycles. The summed E-state index contributed by atoms with van der Waals surface area (Å²) in [6, 6.07) is 13.7. The molecule has 0 aromatic heterocycles. The van der Waals surface area contributed by atoms with Crippen molar-refractivity contribution in [3.05, 3.63) is 64.4 Å². The molecule has 2 aromatic rings. The molecule has 7 heteroatoms.